The number of aryl methyl sites for hydroxylation is 1. The van der Waals surface area contributed by atoms with Gasteiger partial charge in [-0.1, -0.05) is 11.6 Å². The number of non-ortho nitro benzene ring substituents is 1. The molecule has 0 saturated carbocycles. The summed E-state index contributed by atoms with van der Waals surface area (Å²) >= 11 is 6.06. The van der Waals surface area contributed by atoms with Gasteiger partial charge in [0.05, 0.1) is 15.8 Å². The summed E-state index contributed by atoms with van der Waals surface area (Å²) in [6.45, 7) is 0. The number of pyridine rings is 1. The Morgan fingerprint density at radius 2 is 1.91 bits per heavy atom. The molecule has 1 N–H and O–H groups in total. The maximum absolute atomic E-state index is 11.0. The van der Waals surface area contributed by atoms with E-state index in [0.29, 0.717) is 5.02 Å². The van der Waals surface area contributed by atoms with Crippen LogP contribution in [0.15, 0.2) is 42.5 Å². The number of hydrogen-bond acceptors (Lipinski definition) is 2. The van der Waals surface area contributed by atoms with Crippen molar-refractivity contribution in [2.24, 2.45) is 7.05 Å². The number of benzene rings is 2. The number of fused-ring (bicyclic) bond motifs is 4. The van der Waals surface area contributed by atoms with Crippen LogP contribution in [-0.2, 0) is 7.05 Å². The average molecular weight is 348 g/mol. The van der Waals surface area contributed by atoms with Gasteiger partial charge in [-0.3, -0.25) is 10.1 Å². The third-order valence-corrected chi connectivity index (χ3v) is 4.21. The van der Waals surface area contributed by atoms with Crippen molar-refractivity contribution in [3.63, 3.8) is 0 Å². The predicted molar refractivity (Wildman–Crippen MR) is 86.2 cm³/mol. The van der Waals surface area contributed by atoms with E-state index in [4.69, 9.17) is 11.6 Å². The summed E-state index contributed by atoms with van der Waals surface area (Å²) in [6.07, 6.45) is 0. The van der Waals surface area contributed by atoms with Crippen LogP contribution in [0.4, 0.5) is 5.69 Å². The first kappa shape index (κ1) is 15.5. The van der Waals surface area contributed by atoms with Crippen LogP contribution >= 0.6 is 11.6 Å². The molecule has 0 saturated heterocycles. The molecule has 23 heavy (non-hydrogen) atoms. The van der Waals surface area contributed by atoms with E-state index >= 15 is 0 Å². The number of H-pyrrole nitrogens is 1. The van der Waals surface area contributed by atoms with E-state index in [2.05, 4.69) is 4.98 Å². The Hall–Kier alpha value is -2.37. The van der Waals surface area contributed by atoms with Gasteiger partial charge in [0, 0.05) is 28.6 Å². The van der Waals surface area contributed by atoms with E-state index in [1.165, 1.54) is 6.07 Å². The Kier molecular flexibility index (Phi) is 3.62. The molecular weight excluding hydrogens is 337 g/mol. The monoisotopic (exact) mass is 347 g/mol. The molecule has 0 amide bonds. The highest BCUT2D eigenvalue weighted by Crippen LogP contribution is 2.29. The van der Waals surface area contributed by atoms with Crippen molar-refractivity contribution in [3.05, 3.63) is 57.6 Å². The van der Waals surface area contributed by atoms with Crippen LogP contribution < -0.4 is 17.0 Å². The summed E-state index contributed by atoms with van der Waals surface area (Å²) in [5.74, 6) is 0. The molecule has 5 nitrogen and oxygen atoms in total. The van der Waals surface area contributed by atoms with Gasteiger partial charge >= 0.3 is 0 Å². The van der Waals surface area contributed by atoms with Gasteiger partial charge < -0.3 is 17.4 Å². The fraction of sp³-hybridized carbons (Fsp3) is 0.0625. The minimum absolute atomic E-state index is 0. The van der Waals surface area contributed by atoms with Crippen molar-refractivity contribution in [1.82, 2.24) is 4.98 Å². The van der Waals surface area contributed by atoms with Gasteiger partial charge in [0.1, 0.15) is 12.6 Å². The van der Waals surface area contributed by atoms with Crippen LogP contribution in [0.1, 0.15) is 0 Å². The minimum Gasteiger partial charge on any atom is -1.00 e. The van der Waals surface area contributed by atoms with Crippen LogP contribution in [0.2, 0.25) is 5.02 Å². The van der Waals surface area contributed by atoms with Gasteiger partial charge in [0.15, 0.2) is 0 Å². The number of hydrogen-bond donors (Lipinski definition) is 1. The maximum Gasteiger partial charge on any atom is 0.270 e. The number of aromatic amines is 1. The molecule has 2 aromatic heterocycles. The lowest BCUT2D eigenvalue weighted by Crippen LogP contribution is -3.00. The summed E-state index contributed by atoms with van der Waals surface area (Å²) < 4.78 is 2.03. The molecule has 2 aromatic carbocycles. The Morgan fingerprint density at radius 1 is 1.13 bits per heavy atom. The number of rotatable bonds is 1. The Morgan fingerprint density at radius 3 is 2.65 bits per heavy atom. The number of halogens is 2. The molecule has 4 rings (SSSR count). The Balaban J connectivity index is 0.00000156. The van der Waals surface area contributed by atoms with Gasteiger partial charge in [-0.15, -0.1) is 0 Å². The second-order valence-electron chi connectivity index (χ2n) is 5.28. The smallest absolute Gasteiger partial charge is 0.270 e. The summed E-state index contributed by atoms with van der Waals surface area (Å²) in [4.78, 5) is 13.9. The number of nitro groups is 1. The third kappa shape index (κ3) is 2.29. The molecule has 0 atom stereocenters. The van der Waals surface area contributed by atoms with Crippen molar-refractivity contribution < 1.29 is 21.9 Å². The second kappa shape index (κ2) is 5.37. The third-order valence-electron chi connectivity index (χ3n) is 3.98. The molecule has 4 aromatic rings. The molecule has 0 unspecified atom stereocenters. The van der Waals surface area contributed by atoms with Crippen LogP contribution in [0.5, 0.6) is 0 Å². The first-order valence-electron chi connectivity index (χ1n) is 6.73. The molecule has 0 aliphatic carbocycles. The molecule has 0 spiro atoms. The summed E-state index contributed by atoms with van der Waals surface area (Å²) in [6, 6.07) is 12.6. The highest BCUT2D eigenvalue weighted by Gasteiger charge is 2.19. The SMILES string of the molecule is C[n+]1c2ccc(Cl)cc2cc2[nH]c3ccc([N+](=O)[O-])cc3c21.[Cl-]. The highest BCUT2D eigenvalue weighted by molar-refractivity contribution is 6.31. The maximum atomic E-state index is 11.0. The first-order chi connectivity index (χ1) is 10.5. The van der Waals surface area contributed by atoms with Crippen LogP contribution in [0.25, 0.3) is 32.8 Å². The lowest BCUT2D eigenvalue weighted by atomic mass is 10.1. The van der Waals surface area contributed by atoms with Crippen LogP contribution in [0, 0.1) is 10.1 Å². The lowest BCUT2D eigenvalue weighted by Gasteiger charge is -1.99. The number of nitrogens with zero attached hydrogens (tertiary/aromatic N) is 2. The summed E-state index contributed by atoms with van der Waals surface area (Å²) in [7, 11) is 1.95. The zero-order valence-electron chi connectivity index (χ0n) is 12.0. The van der Waals surface area contributed by atoms with Crippen molar-refractivity contribution in [2.45, 2.75) is 0 Å². The zero-order valence-corrected chi connectivity index (χ0v) is 13.5. The topological polar surface area (TPSA) is 62.8 Å². The van der Waals surface area contributed by atoms with Gasteiger partial charge in [0.2, 0.25) is 11.0 Å². The van der Waals surface area contributed by atoms with Crippen molar-refractivity contribution >= 4 is 50.1 Å². The van der Waals surface area contributed by atoms with E-state index in [-0.39, 0.29) is 23.0 Å². The van der Waals surface area contributed by atoms with E-state index < -0.39 is 0 Å². The van der Waals surface area contributed by atoms with E-state index in [9.17, 15) is 10.1 Å². The predicted octanol–water partition coefficient (Wildman–Crippen LogP) is 0.864. The highest BCUT2D eigenvalue weighted by atomic mass is 35.5. The largest absolute Gasteiger partial charge is 1.00 e. The van der Waals surface area contributed by atoms with Gasteiger partial charge in [-0.05, 0) is 24.3 Å². The molecule has 7 heteroatoms. The lowest BCUT2D eigenvalue weighted by molar-refractivity contribution is -0.616. The van der Waals surface area contributed by atoms with E-state index in [1.807, 2.05) is 35.9 Å². The Bertz CT molecular complexity index is 1090. The fourth-order valence-corrected chi connectivity index (χ4v) is 3.17. The molecule has 2 heterocycles. The molecule has 0 radical (unpaired) electrons. The van der Waals surface area contributed by atoms with Gasteiger partial charge in [-0.25, -0.2) is 0 Å². The Labute approximate surface area is 142 Å². The first-order valence-corrected chi connectivity index (χ1v) is 7.10. The van der Waals surface area contributed by atoms with E-state index in [0.717, 1.165) is 32.8 Å². The van der Waals surface area contributed by atoms with Crippen LogP contribution in [0.3, 0.4) is 0 Å². The van der Waals surface area contributed by atoms with Crippen molar-refractivity contribution in [1.29, 1.82) is 0 Å². The molecule has 0 fully saturated rings. The fourth-order valence-electron chi connectivity index (χ4n) is 2.99. The molecule has 0 bridgehead atoms. The number of aromatic nitrogens is 2. The van der Waals surface area contributed by atoms with Crippen molar-refractivity contribution in [2.75, 3.05) is 0 Å². The summed E-state index contributed by atoms with van der Waals surface area (Å²) in [5, 5.41) is 13.5. The molecule has 0 aliphatic rings. The second-order valence-corrected chi connectivity index (χ2v) is 5.72. The number of nitro benzene ring substituents is 1. The van der Waals surface area contributed by atoms with Crippen molar-refractivity contribution in [3.8, 4) is 0 Å². The van der Waals surface area contributed by atoms with Gasteiger partial charge in [0.25, 0.3) is 5.69 Å². The zero-order chi connectivity index (χ0) is 15.4. The standard InChI is InChI=1S/C16H10ClN3O2.ClH/c1-19-15-5-2-10(17)6-9(15)7-14-16(19)12-8-11(20(21)22)3-4-13(12)18-14;/h2-8H,1H3;1H. The molecule has 116 valence electrons. The summed E-state index contributed by atoms with van der Waals surface area (Å²) in [5.41, 5.74) is 3.84. The normalized spacial score (nSPS) is 11.0. The average Bonchev–Trinajstić information content (AvgIpc) is 2.84. The molecule has 0 aliphatic heterocycles. The number of nitrogens with one attached hydrogen (secondary N) is 1. The van der Waals surface area contributed by atoms with Gasteiger partial charge in [-0.2, -0.15) is 4.57 Å². The quantitative estimate of drug-likeness (QED) is 0.315. The minimum atomic E-state index is -0.376. The van der Waals surface area contributed by atoms with Crippen LogP contribution in [-0.4, -0.2) is 9.91 Å². The molecular formula is C16H11Cl2N3O2. The van der Waals surface area contributed by atoms with E-state index in [1.54, 1.807) is 12.1 Å².